The van der Waals surface area contributed by atoms with Gasteiger partial charge in [0.25, 0.3) is 0 Å². The maximum atomic E-state index is 9.30. The molecule has 0 spiro atoms. The van der Waals surface area contributed by atoms with E-state index in [1.165, 1.54) is 6.33 Å². The Labute approximate surface area is 133 Å². The Kier molecular flexibility index (Phi) is 4.07. The molecule has 3 heterocycles. The van der Waals surface area contributed by atoms with Crippen molar-refractivity contribution < 1.29 is 5.11 Å². The molecule has 0 amide bonds. The topological polar surface area (TPSA) is 114 Å². The highest BCUT2D eigenvalue weighted by Gasteiger charge is 2.16. The van der Waals surface area contributed by atoms with E-state index in [0.717, 1.165) is 12.0 Å². The zero-order valence-electron chi connectivity index (χ0n) is 13.1. The number of aliphatic hydroxyl groups is 1. The highest BCUT2D eigenvalue weighted by Crippen LogP contribution is 2.28. The van der Waals surface area contributed by atoms with Crippen molar-refractivity contribution >= 4 is 17.3 Å². The van der Waals surface area contributed by atoms with Crippen molar-refractivity contribution in [1.29, 1.82) is 0 Å². The van der Waals surface area contributed by atoms with Crippen LogP contribution in [0, 0.1) is 6.92 Å². The van der Waals surface area contributed by atoms with E-state index in [0.29, 0.717) is 28.5 Å². The van der Waals surface area contributed by atoms with E-state index in [-0.39, 0.29) is 12.6 Å². The van der Waals surface area contributed by atoms with Gasteiger partial charge < -0.3 is 16.2 Å². The van der Waals surface area contributed by atoms with Crippen LogP contribution in [0.4, 0.5) is 11.6 Å². The number of hydrogen-bond donors (Lipinski definition) is 3. The molecule has 0 aliphatic carbocycles. The van der Waals surface area contributed by atoms with Crippen LogP contribution in [0.5, 0.6) is 0 Å². The quantitative estimate of drug-likeness (QED) is 0.649. The monoisotopic (exact) mass is 313 g/mol. The molecule has 23 heavy (non-hydrogen) atoms. The number of aromatic nitrogens is 5. The average Bonchev–Trinajstić information content (AvgIpc) is 2.87. The first-order valence-electron chi connectivity index (χ1n) is 7.42. The van der Waals surface area contributed by atoms with Crippen LogP contribution in [0.3, 0.4) is 0 Å². The van der Waals surface area contributed by atoms with Crippen molar-refractivity contribution in [3.8, 4) is 11.3 Å². The number of aliphatic hydroxyl groups excluding tert-OH is 1. The minimum Gasteiger partial charge on any atom is -0.394 e. The van der Waals surface area contributed by atoms with Gasteiger partial charge in [-0.25, -0.2) is 19.5 Å². The lowest BCUT2D eigenvalue weighted by Gasteiger charge is -2.14. The van der Waals surface area contributed by atoms with Crippen LogP contribution in [0.15, 0.2) is 24.8 Å². The van der Waals surface area contributed by atoms with Gasteiger partial charge in [-0.1, -0.05) is 6.92 Å². The lowest BCUT2D eigenvalue weighted by molar-refractivity contribution is 0.271. The molecule has 1 unspecified atom stereocenters. The van der Waals surface area contributed by atoms with Gasteiger partial charge in [0, 0.05) is 18.5 Å². The number of anilines is 2. The third kappa shape index (κ3) is 2.93. The van der Waals surface area contributed by atoms with Crippen molar-refractivity contribution in [2.75, 3.05) is 17.7 Å². The highest BCUT2D eigenvalue weighted by molar-refractivity contribution is 5.84. The van der Waals surface area contributed by atoms with E-state index in [4.69, 9.17) is 5.73 Å². The van der Waals surface area contributed by atoms with Gasteiger partial charge in [-0.15, -0.1) is 5.10 Å². The SMILES string of the molecule is CCC(CO)Nc1cc(-c2c(N)nn3cc(C)cnc23)ncn1. The van der Waals surface area contributed by atoms with Gasteiger partial charge in [-0.2, -0.15) is 0 Å². The number of rotatable bonds is 5. The van der Waals surface area contributed by atoms with Crippen LogP contribution in [0.1, 0.15) is 18.9 Å². The molecule has 0 bridgehead atoms. The second kappa shape index (κ2) is 6.17. The number of aryl methyl sites for hydroxylation is 1. The summed E-state index contributed by atoms with van der Waals surface area (Å²) in [5.41, 5.74) is 8.99. The molecule has 0 aliphatic rings. The summed E-state index contributed by atoms with van der Waals surface area (Å²) in [6.07, 6.45) is 5.87. The summed E-state index contributed by atoms with van der Waals surface area (Å²) in [7, 11) is 0. The predicted octanol–water partition coefficient (Wildman–Crippen LogP) is 1.26. The average molecular weight is 313 g/mol. The second-order valence-electron chi connectivity index (χ2n) is 5.38. The molecule has 0 radical (unpaired) electrons. The molecule has 3 rings (SSSR count). The first-order chi connectivity index (χ1) is 11.1. The van der Waals surface area contributed by atoms with Crippen LogP contribution in [-0.4, -0.2) is 42.3 Å². The summed E-state index contributed by atoms with van der Waals surface area (Å²) >= 11 is 0. The number of hydrogen-bond acceptors (Lipinski definition) is 7. The van der Waals surface area contributed by atoms with E-state index < -0.39 is 0 Å². The molecular weight excluding hydrogens is 294 g/mol. The molecule has 3 aromatic heterocycles. The van der Waals surface area contributed by atoms with Crippen molar-refractivity contribution in [3.63, 3.8) is 0 Å². The molecule has 4 N–H and O–H groups in total. The third-order valence-corrected chi connectivity index (χ3v) is 3.62. The van der Waals surface area contributed by atoms with E-state index in [2.05, 4.69) is 25.4 Å². The molecule has 8 heteroatoms. The van der Waals surface area contributed by atoms with Gasteiger partial charge in [0.2, 0.25) is 0 Å². The molecule has 3 aromatic rings. The minimum atomic E-state index is -0.0558. The largest absolute Gasteiger partial charge is 0.394 e. The summed E-state index contributed by atoms with van der Waals surface area (Å²) in [5.74, 6) is 0.990. The molecule has 8 nitrogen and oxygen atoms in total. The van der Waals surface area contributed by atoms with Crippen LogP contribution >= 0.6 is 0 Å². The predicted molar refractivity (Wildman–Crippen MR) is 87.9 cm³/mol. The molecule has 120 valence electrons. The minimum absolute atomic E-state index is 0.0372. The summed E-state index contributed by atoms with van der Waals surface area (Å²) in [5, 5.41) is 16.8. The molecular formula is C15H19N7O. The zero-order chi connectivity index (χ0) is 16.4. The Bertz CT molecular complexity index is 826. The van der Waals surface area contributed by atoms with E-state index in [1.807, 2.05) is 20.0 Å². The van der Waals surface area contributed by atoms with Crippen molar-refractivity contribution in [2.45, 2.75) is 26.3 Å². The van der Waals surface area contributed by atoms with Gasteiger partial charge >= 0.3 is 0 Å². The van der Waals surface area contributed by atoms with Crippen molar-refractivity contribution in [3.05, 3.63) is 30.4 Å². The number of nitrogen functional groups attached to an aromatic ring is 1. The molecule has 0 saturated carbocycles. The summed E-state index contributed by atoms with van der Waals surface area (Å²) < 4.78 is 1.65. The Hall–Kier alpha value is -2.74. The number of fused-ring (bicyclic) bond motifs is 1. The molecule has 0 aromatic carbocycles. The van der Waals surface area contributed by atoms with Gasteiger partial charge in [0.1, 0.15) is 12.1 Å². The van der Waals surface area contributed by atoms with Gasteiger partial charge in [-0.05, 0) is 18.9 Å². The fourth-order valence-electron chi connectivity index (χ4n) is 2.35. The van der Waals surface area contributed by atoms with Gasteiger partial charge in [0.15, 0.2) is 11.5 Å². The Morgan fingerprint density at radius 3 is 2.91 bits per heavy atom. The number of nitrogens with two attached hydrogens (primary N) is 1. The molecule has 0 saturated heterocycles. The Morgan fingerprint density at radius 1 is 1.35 bits per heavy atom. The maximum Gasteiger partial charge on any atom is 0.166 e. The van der Waals surface area contributed by atoms with E-state index in [9.17, 15) is 5.11 Å². The first-order valence-corrected chi connectivity index (χ1v) is 7.42. The van der Waals surface area contributed by atoms with Crippen molar-refractivity contribution in [2.24, 2.45) is 0 Å². The Balaban J connectivity index is 2.04. The van der Waals surface area contributed by atoms with Gasteiger partial charge in [0.05, 0.1) is 23.9 Å². The molecule has 1 atom stereocenters. The molecule has 0 aliphatic heterocycles. The lowest BCUT2D eigenvalue weighted by atomic mass is 10.2. The number of nitrogens with one attached hydrogen (secondary N) is 1. The van der Waals surface area contributed by atoms with E-state index >= 15 is 0 Å². The summed E-state index contributed by atoms with van der Waals surface area (Å²) in [6, 6.07) is 1.73. The summed E-state index contributed by atoms with van der Waals surface area (Å²) in [4.78, 5) is 12.9. The number of nitrogens with zero attached hydrogens (tertiary/aromatic N) is 5. The van der Waals surface area contributed by atoms with E-state index in [1.54, 1.807) is 16.8 Å². The van der Waals surface area contributed by atoms with Gasteiger partial charge in [-0.3, -0.25) is 0 Å². The zero-order valence-corrected chi connectivity index (χ0v) is 13.1. The fourth-order valence-corrected chi connectivity index (χ4v) is 2.35. The molecule has 0 fully saturated rings. The maximum absolute atomic E-state index is 9.30. The third-order valence-electron chi connectivity index (χ3n) is 3.62. The van der Waals surface area contributed by atoms with Crippen LogP contribution < -0.4 is 11.1 Å². The summed E-state index contributed by atoms with van der Waals surface area (Å²) in [6.45, 7) is 3.97. The van der Waals surface area contributed by atoms with Crippen LogP contribution in [0.2, 0.25) is 0 Å². The highest BCUT2D eigenvalue weighted by atomic mass is 16.3. The van der Waals surface area contributed by atoms with Crippen molar-refractivity contribution in [1.82, 2.24) is 24.6 Å². The first kappa shape index (κ1) is 15.2. The fraction of sp³-hybridized carbons (Fsp3) is 0.333. The second-order valence-corrected chi connectivity index (χ2v) is 5.38. The van der Waals surface area contributed by atoms with Crippen LogP contribution in [0.25, 0.3) is 16.9 Å². The smallest absolute Gasteiger partial charge is 0.166 e. The Morgan fingerprint density at radius 2 is 2.17 bits per heavy atom. The normalized spacial score (nSPS) is 12.5. The lowest BCUT2D eigenvalue weighted by Crippen LogP contribution is -2.23. The standard InChI is InChI=1S/C15H19N7O/c1-3-10(7-23)20-12-4-11(18-8-19-12)13-14(16)21-22-6-9(2)5-17-15(13)22/h4-6,8,10,23H,3,7H2,1-2H3,(H2,16,21)(H,18,19,20). The van der Waals surface area contributed by atoms with Crippen LogP contribution in [-0.2, 0) is 0 Å².